The van der Waals surface area contributed by atoms with Crippen LogP contribution in [0.15, 0.2) is 88.8 Å². The van der Waals surface area contributed by atoms with E-state index in [-0.39, 0.29) is 12.2 Å². The van der Waals surface area contributed by atoms with E-state index in [0.29, 0.717) is 22.5 Å². The van der Waals surface area contributed by atoms with Crippen LogP contribution in [0.3, 0.4) is 0 Å². The lowest BCUT2D eigenvalue weighted by molar-refractivity contribution is 0.370. The third-order valence-electron chi connectivity index (χ3n) is 4.29. The molecule has 140 valence electrons. The highest BCUT2D eigenvalue weighted by atomic mass is 16.5. The van der Waals surface area contributed by atoms with Crippen molar-refractivity contribution in [3.05, 3.63) is 94.8 Å². The second-order valence-corrected chi connectivity index (χ2v) is 6.25. The van der Waals surface area contributed by atoms with Gasteiger partial charge in [-0.2, -0.15) is 9.78 Å². The van der Waals surface area contributed by atoms with Gasteiger partial charge in [0.15, 0.2) is 5.82 Å². The van der Waals surface area contributed by atoms with E-state index in [1.165, 1.54) is 4.68 Å². The van der Waals surface area contributed by atoms with Gasteiger partial charge in [0.25, 0.3) is 5.56 Å². The van der Waals surface area contributed by atoms with Gasteiger partial charge < -0.3 is 4.74 Å². The average molecular weight is 379 g/mol. The molecule has 0 bridgehead atoms. The standard InChI is InChI=1S/C24H17N3O2/c1-2-15-29-20-12-8-9-18(16-20)17-25-27-23(19-10-4-3-5-11-19)26-22-14-7-6-13-21(22)24(27)28/h1,3-14,16-17H,15H2. The van der Waals surface area contributed by atoms with Crippen LogP contribution in [0.5, 0.6) is 5.75 Å². The van der Waals surface area contributed by atoms with E-state index in [4.69, 9.17) is 11.2 Å². The predicted molar refractivity (Wildman–Crippen MR) is 115 cm³/mol. The van der Waals surface area contributed by atoms with Crippen LogP contribution in [0, 0.1) is 12.3 Å². The van der Waals surface area contributed by atoms with E-state index >= 15 is 0 Å². The van der Waals surface area contributed by atoms with E-state index in [1.54, 1.807) is 12.3 Å². The van der Waals surface area contributed by atoms with E-state index < -0.39 is 0 Å². The molecule has 0 N–H and O–H groups in total. The summed E-state index contributed by atoms with van der Waals surface area (Å²) < 4.78 is 6.77. The fraction of sp³-hybridized carbons (Fsp3) is 0.0417. The molecule has 5 nitrogen and oxygen atoms in total. The van der Waals surface area contributed by atoms with Crippen LogP contribution >= 0.6 is 0 Å². The second kappa shape index (κ2) is 8.24. The molecule has 0 amide bonds. The van der Waals surface area contributed by atoms with Crippen molar-refractivity contribution in [1.29, 1.82) is 0 Å². The Morgan fingerprint density at radius 2 is 1.83 bits per heavy atom. The Kier molecular flexibility index (Phi) is 5.17. The number of ether oxygens (including phenoxy) is 1. The fourth-order valence-corrected chi connectivity index (χ4v) is 2.94. The first-order valence-electron chi connectivity index (χ1n) is 9.04. The van der Waals surface area contributed by atoms with Crippen LogP contribution < -0.4 is 10.3 Å². The Hall–Kier alpha value is -4.17. The summed E-state index contributed by atoms with van der Waals surface area (Å²) in [6.45, 7) is 0.187. The Morgan fingerprint density at radius 3 is 2.66 bits per heavy atom. The van der Waals surface area contributed by atoms with Crippen LogP contribution in [0.2, 0.25) is 0 Å². The predicted octanol–water partition coefficient (Wildman–Crippen LogP) is 3.96. The Bertz CT molecular complexity index is 1290. The van der Waals surface area contributed by atoms with Gasteiger partial charge in [0, 0.05) is 5.56 Å². The summed E-state index contributed by atoms with van der Waals surface area (Å²) in [7, 11) is 0. The molecular formula is C24H17N3O2. The smallest absolute Gasteiger partial charge is 0.282 e. The molecule has 4 aromatic rings. The van der Waals surface area contributed by atoms with Crippen molar-refractivity contribution in [2.24, 2.45) is 5.10 Å². The molecule has 0 unspecified atom stereocenters. The van der Waals surface area contributed by atoms with Crippen LogP contribution in [0.25, 0.3) is 22.3 Å². The van der Waals surface area contributed by atoms with Gasteiger partial charge in [0.2, 0.25) is 0 Å². The van der Waals surface area contributed by atoms with Crippen molar-refractivity contribution in [1.82, 2.24) is 9.66 Å². The number of benzene rings is 3. The van der Waals surface area contributed by atoms with Crippen molar-refractivity contribution < 1.29 is 4.74 Å². The molecule has 29 heavy (non-hydrogen) atoms. The SMILES string of the molecule is C#CCOc1cccc(C=Nn2c(-c3ccccc3)nc3ccccc3c2=O)c1. The molecule has 0 aliphatic carbocycles. The van der Waals surface area contributed by atoms with E-state index in [2.05, 4.69) is 16.0 Å². The molecule has 5 heteroatoms. The summed E-state index contributed by atoms with van der Waals surface area (Å²) in [5.74, 6) is 3.55. The quantitative estimate of drug-likeness (QED) is 0.390. The minimum Gasteiger partial charge on any atom is -0.481 e. The number of nitrogens with zero attached hydrogens (tertiary/aromatic N) is 3. The molecule has 0 fully saturated rings. The summed E-state index contributed by atoms with van der Waals surface area (Å²) in [5, 5.41) is 4.95. The highest BCUT2D eigenvalue weighted by Crippen LogP contribution is 2.19. The summed E-state index contributed by atoms with van der Waals surface area (Å²) in [4.78, 5) is 17.8. The molecule has 0 saturated carbocycles. The van der Waals surface area contributed by atoms with E-state index in [0.717, 1.165) is 11.1 Å². The van der Waals surface area contributed by atoms with Gasteiger partial charge >= 0.3 is 0 Å². The van der Waals surface area contributed by atoms with Gasteiger partial charge in [-0.3, -0.25) is 4.79 Å². The third kappa shape index (κ3) is 3.92. The fourth-order valence-electron chi connectivity index (χ4n) is 2.94. The second-order valence-electron chi connectivity index (χ2n) is 6.25. The number of aromatic nitrogens is 2. The summed E-state index contributed by atoms with van der Waals surface area (Å²) in [6, 6.07) is 24.1. The maximum Gasteiger partial charge on any atom is 0.282 e. The van der Waals surface area contributed by atoms with Gasteiger partial charge in [-0.15, -0.1) is 6.42 Å². The molecule has 4 rings (SSSR count). The maximum atomic E-state index is 13.1. The number of fused-ring (bicyclic) bond motifs is 1. The van der Waals surface area contributed by atoms with E-state index in [1.807, 2.05) is 72.8 Å². The van der Waals surface area contributed by atoms with Gasteiger partial charge in [0.05, 0.1) is 17.1 Å². The van der Waals surface area contributed by atoms with Crippen molar-refractivity contribution in [2.75, 3.05) is 6.61 Å². The van der Waals surface area contributed by atoms with E-state index in [9.17, 15) is 4.79 Å². The zero-order valence-corrected chi connectivity index (χ0v) is 15.5. The summed E-state index contributed by atoms with van der Waals surface area (Å²) in [5.41, 5.74) is 1.98. The Morgan fingerprint density at radius 1 is 1.03 bits per heavy atom. The molecule has 1 aromatic heterocycles. The third-order valence-corrected chi connectivity index (χ3v) is 4.29. The van der Waals surface area contributed by atoms with Gasteiger partial charge in [-0.05, 0) is 29.8 Å². The number of hydrogen-bond acceptors (Lipinski definition) is 4. The molecule has 3 aromatic carbocycles. The van der Waals surface area contributed by atoms with Crippen molar-refractivity contribution in [2.45, 2.75) is 0 Å². The van der Waals surface area contributed by atoms with Gasteiger partial charge in [-0.1, -0.05) is 60.5 Å². The zero-order chi connectivity index (χ0) is 20.1. The number of hydrogen-bond donors (Lipinski definition) is 0. The molecule has 0 radical (unpaired) electrons. The topological polar surface area (TPSA) is 56.5 Å². The molecule has 0 spiro atoms. The van der Waals surface area contributed by atoms with Crippen LogP contribution in [0.1, 0.15) is 5.56 Å². The number of rotatable bonds is 5. The lowest BCUT2D eigenvalue weighted by Crippen LogP contribution is -2.20. The highest BCUT2D eigenvalue weighted by Gasteiger charge is 2.11. The Labute approximate surface area is 167 Å². The lowest BCUT2D eigenvalue weighted by atomic mass is 10.2. The molecule has 0 saturated heterocycles. The van der Waals surface area contributed by atoms with Crippen molar-refractivity contribution in [3.8, 4) is 29.5 Å². The Balaban J connectivity index is 1.83. The maximum absolute atomic E-state index is 13.1. The molecular weight excluding hydrogens is 362 g/mol. The first-order valence-corrected chi connectivity index (χ1v) is 9.04. The minimum atomic E-state index is -0.231. The van der Waals surface area contributed by atoms with Crippen LogP contribution in [-0.4, -0.2) is 22.5 Å². The number of terminal acetylenes is 1. The summed E-state index contributed by atoms with van der Waals surface area (Å²) >= 11 is 0. The molecule has 0 aliphatic heterocycles. The first kappa shape index (κ1) is 18.2. The normalized spacial score (nSPS) is 10.9. The van der Waals surface area contributed by atoms with Crippen molar-refractivity contribution in [3.63, 3.8) is 0 Å². The summed E-state index contributed by atoms with van der Waals surface area (Å²) in [6.07, 6.45) is 6.84. The molecule has 1 heterocycles. The molecule has 0 aliphatic rings. The highest BCUT2D eigenvalue weighted by molar-refractivity contribution is 5.82. The average Bonchev–Trinajstić information content (AvgIpc) is 2.78. The van der Waals surface area contributed by atoms with Crippen LogP contribution in [-0.2, 0) is 0 Å². The lowest BCUT2D eigenvalue weighted by Gasteiger charge is -2.09. The first-order chi connectivity index (χ1) is 14.3. The van der Waals surface area contributed by atoms with Crippen LogP contribution in [0.4, 0.5) is 0 Å². The van der Waals surface area contributed by atoms with Gasteiger partial charge in [0.1, 0.15) is 12.4 Å². The zero-order valence-electron chi connectivity index (χ0n) is 15.5. The van der Waals surface area contributed by atoms with Crippen molar-refractivity contribution >= 4 is 17.1 Å². The molecule has 0 atom stereocenters. The minimum absolute atomic E-state index is 0.187. The largest absolute Gasteiger partial charge is 0.481 e. The monoisotopic (exact) mass is 379 g/mol. The van der Waals surface area contributed by atoms with Gasteiger partial charge in [-0.25, -0.2) is 4.98 Å². The number of para-hydroxylation sites is 1.